The largest absolute Gasteiger partial charge is 0.471 e. The summed E-state index contributed by atoms with van der Waals surface area (Å²) in [5, 5.41) is 4.34. The fourth-order valence-electron chi connectivity index (χ4n) is 3.89. The van der Waals surface area contributed by atoms with E-state index in [0.29, 0.717) is 18.4 Å². The molecule has 1 aliphatic carbocycles. The predicted molar refractivity (Wildman–Crippen MR) is 120 cm³/mol. The molecule has 6 nitrogen and oxygen atoms in total. The van der Waals surface area contributed by atoms with Gasteiger partial charge in [0.25, 0.3) is 5.91 Å². The number of carbonyl (C=O) groups is 3. The topological polar surface area (TPSA) is 84.5 Å². The van der Waals surface area contributed by atoms with Gasteiger partial charge in [-0.2, -0.15) is 13.2 Å². The van der Waals surface area contributed by atoms with Crippen LogP contribution in [0.4, 0.5) is 23.9 Å². The second-order valence-electron chi connectivity index (χ2n) is 8.96. The van der Waals surface area contributed by atoms with Crippen molar-refractivity contribution in [3.63, 3.8) is 0 Å². The molecule has 0 saturated carbocycles. The lowest BCUT2D eigenvalue weighted by Crippen LogP contribution is -2.30. The van der Waals surface area contributed by atoms with E-state index in [0.717, 1.165) is 22.6 Å². The zero-order valence-corrected chi connectivity index (χ0v) is 19.5. The Balaban J connectivity index is 2.01. The lowest BCUT2D eigenvalue weighted by Gasteiger charge is -2.33. The fraction of sp³-hybridized carbons (Fsp3) is 0.435. The highest BCUT2D eigenvalue weighted by Gasteiger charge is 2.41. The molecule has 2 amide bonds. The van der Waals surface area contributed by atoms with Gasteiger partial charge in [0.2, 0.25) is 0 Å². The second-order valence-corrected chi connectivity index (χ2v) is 10.1. The molecule has 2 aromatic rings. The van der Waals surface area contributed by atoms with Gasteiger partial charge in [-0.05, 0) is 48.3 Å². The highest BCUT2D eigenvalue weighted by molar-refractivity contribution is 7.17. The molecular formula is C23H25F3N2O4S. The van der Waals surface area contributed by atoms with Gasteiger partial charge in [0.1, 0.15) is 5.00 Å². The molecule has 1 aliphatic rings. The Morgan fingerprint density at radius 3 is 2.36 bits per heavy atom. The van der Waals surface area contributed by atoms with E-state index in [9.17, 15) is 27.6 Å². The van der Waals surface area contributed by atoms with Gasteiger partial charge in [0.15, 0.2) is 0 Å². The minimum atomic E-state index is -5.09. The number of amides is 2. The van der Waals surface area contributed by atoms with Crippen LogP contribution < -0.4 is 10.6 Å². The monoisotopic (exact) mass is 482 g/mol. The van der Waals surface area contributed by atoms with Crippen LogP contribution >= 0.6 is 11.3 Å². The van der Waals surface area contributed by atoms with Crippen LogP contribution in [0.2, 0.25) is 0 Å². The Morgan fingerprint density at radius 1 is 1.09 bits per heavy atom. The van der Waals surface area contributed by atoms with Crippen LogP contribution in [0.3, 0.4) is 0 Å². The third-order valence-corrected chi connectivity index (χ3v) is 6.95. The number of nitrogens with one attached hydrogen (secondary N) is 2. The van der Waals surface area contributed by atoms with Crippen molar-refractivity contribution in [3.05, 3.63) is 45.8 Å². The smallest absolute Gasteiger partial charge is 0.465 e. The van der Waals surface area contributed by atoms with Gasteiger partial charge in [-0.3, -0.25) is 9.59 Å². The number of ether oxygens (including phenoxy) is 1. The molecule has 1 heterocycles. The molecule has 1 aromatic carbocycles. The maximum absolute atomic E-state index is 13.3. The average molecular weight is 483 g/mol. The number of halogens is 3. The summed E-state index contributed by atoms with van der Waals surface area (Å²) in [6, 6.07) is 6.15. The van der Waals surface area contributed by atoms with E-state index in [2.05, 4.69) is 26.1 Å². The Bertz CT molecular complexity index is 1090. The second kappa shape index (κ2) is 9.17. The van der Waals surface area contributed by atoms with E-state index in [4.69, 9.17) is 4.74 Å². The molecule has 33 heavy (non-hydrogen) atoms. The number of hydrogen-bond acceptors (Lipinski definition) is 5. The van der Waals surface area contributed by atoms with Crippen molar-refractivity contribution < 1.29 is 32.3 Å². The van der Waals surface area contributed by atoms with Crippen molar-refractivity contribution in [1.29, 1.82) is 0 Å². The van der Waals surface area contributed by atoms with Crippen molar-refractivity contribution in [2.45, 2.75) is 46.2 Å². The number of carbonyl (C=O) groups excluding carboxylic acids is 3. The van der Waals surface area contributed by atoms with Gasteiger partial charge < -0.3 is 15.4 Å². The fourth-order valence-corrected chi connectivity index (χ4v) is 5.21. The molecule has 0 fully saturated rings. The predicted octanol–water partition coefficient (Wildman–Crippen LogP) is 5.44. The summed E-state index contributed by atoms with van der Waals surface area (Å²) in [6.07, 6.45) is -3.23. The molecule has 0 spiro atoms. The van der Waals surface area contributed by atoms with E-state index in [1.54, 1.807) is 12.1 Å². The number of methoxy groups -OCH3 is 1. The van der Waals surface area contributed by atoms with Gasteiger partial charge >= 0.3 is 18.1 Å². The van der Waals surface area contributed by atoms with Gasteiger partial charge in [-0.1, -0.05) is 32.9 Å². The Labute approximate surface area is 193 Å². The number of hydrogen-bond donors (Lipinski definition) is 2. The number of esters is 1. The molecule has 10 heteroatoms. The number of para-hydroxylation sites is 1. The van der Waals surface area contributed by atoms with Crippen molar-refractivity contribution in [2.24, 2.45) is 11.3 Å². The van der Waals surface area contributed by atoms with Crippen LogP contribution in [-0.4, -0.2) is 31.1 Å². The third-order valence-electron chi connectivity index (χ3n) is 5.78. The van der Waals surface area contributed by atoms with Crippen molar-refractivity contribution >= 4 is 39.8 Å². The molecule has 0 saturated heterocycles. The van der Waals surface area contributed by atoms with Crippen molar-refractivity contribution in [2.75, 3.05) is 17.7 Å². The van der Waals surface area contributed by atoms with E-state index in [1.807, 2.05) is 5.32 Å². The van der Waals surface area contributed by atoms with E-state index >= 15 is 0 Å². The molecule has 0 aliphatic heterocycles. The molecule has 178 valence electrons. The number of benzene rings is 1. The van der Waals surface area contributed by atoms with E-state index in [1.165, 1.54) is 19.2 Å². The van der Waals surface area contributed by atoms with Gasteiger partial charge in [-0.25, -0.2) is 4.79 Å². The standard InChI is InChI=1S/C23H25F3N2O4S/c1-22(2,3)12-9-10-14-16(11-12)33-19(28-21(31)23(24,25)26)17(14)18(29)27-15-8-6-5-7-13(15)20(30)32-4/h5-8,12H,9-11H2,1-4H3,(H,27,29)(H,28,31)/t12-/m1/s1. The molecule has 3 rings (SSSR count). The number of anilines is 2. The zero-order valence-electron chi connectivity index (χ0n) is 18.7. The van der Waals surface area contributed by atoms with Gasteiger partial charge in [-0.15, -0.1) is 11.3 Å². The van der Waals surface area contributed by atoms with Crippen LogP contribution in [0.25, 0.3) is 0 Å². The minimum Gasteiger partial charge on any atom is -0.465 e. The molecule has 0 radical (unpaired) electrons. The van der Waals surface area contributed by atoms with Crippen LogP contribution in [0.5, 0.6) is 0 Å². The first-order valence-electron chi connectivity index (χ1n) is 10.3. The van der Waals surface area contributed by atoms with Crippen LogP contribution in [0.1, 0.15) is 58.3 Å². The normalized spacial score (nSPS) is 16.0. The summed E-state index contributed by atoms with van der Waals surface area (Å²) >= 11 is 0.996. The van der Waals surface area contributed by atoms with Crippen molar-refractivity contribution in [1.82, 2.24) is 0 Å². The third kappa shape index (κ3) is 5.38. The molecule has 1 atom stereocenters. The molecule has 0 bridgehead atoms. The van der Waals surface area contributed by atoms with Gasteiger partial charge in [0, 0.05) is 4.88 Å². The van der Waals surface area contributed by atoms with Crippen LogP contribution in [-0.2, 0) is 22.4 Å². The lowest BCUT2D eigenvalue weighted by atomic mass is 9.72. The minimum absolute atomic E-state index is 0.000344. The summed E-state index contributed by atoms with van der Waals surface area (Å²) in [5.74, 6) is -3.23. The number of thiophene rings is 1. The molecule has 2 N–H and O–H groups in total. The highest BCUT2D eigenvalue weighted by Crippen LogP contribution is 2.44. The van der Waals surface area contributed by atoms with Crippen LogP contribution in [0.15, 0.2) is 24.3 Å². The Hall–Kier alpha value is -2.88. The highest BCUT2D eigenvalue weighted by atomic mass is 32.1. The summed E-state index contributed by atoms with van der Waals surface area (Å²) in [6.45, 7) is 6.29. The Morgan fingerprint density at radius 2 is 1.76 bits per heavy atom. The maximum atomic E-state index is 13.3. The molecule has 0 unspecified atom stereocenters. The number of rotatable bonds is 4. The van der Waals surface area contributed by atoms with Crippen molar-refractivity contribution in [3.8, 4) is 0 Å². The summed E-state index contributed by atoms with van der Waals surface area (Å²) in [4.78, 5) is 37.7. The lowest BCUT2D eigenvalue weighted by molar-refractivity contribution is -0.167. The first kappa shape index (κ1) is 24.8. The summed E-state index contributed by atoms with van der Waals surface area (Å²) in [7, 11) is 1.20. The first-order valence-corrected chi connectivity index (χ1v) is 11.2. The van der Waals surface area contributed by atoms with E-state index in [-0.39, 0.29) is 33.1 Å². The Kier molecular flexibility index (Phi) is 6.88. The quantitative estimate of drug-likeness (QED) is 0.569. The summed E-state index contributed by atoms with van der Waals surface area (Å²) in [5.41, 5.74) is 0.876. The number of alkyl halides is 3. The molecule has 1 aromatic heterocycles. The summed E-state index contributed by atoms with van der Waals surface area (Å²) < 4.78 is 43.5. The first-order chi connectivity index (χ1) is 15.3. The zero-order chi connectivity index (χ0) is 24.6. The van der Waals surface area contributed by atoms with E-state index < -0.39 is 24.0 Å². The maximum Gasteiger partial charge on any atom is 0.471 e. The average Bonchev–Trinajstić information content (AvgIpc) is 3.09. The van der Waals surface area contributed by atoms with Gasteiger partial charge in [0.05, 0.1) is 23.9 Å². The number of fused-ring (bicyclic) bond motifs is 1. The molecular weight excluding hydrogens is 457 g/mol. The SMILES string of the molecule is COC(=O)c1ccccc1NC(=O)c1c(NC(=O)C(F)(F)F)sc2c1CC[C@@H](C(C)(C)C)C2. The van der Waals surface area contributed by atoms with Crippen LogP contribution in [0, 0.1) is 11.3 Å².